The number of nitrogens with zero attached hydrogens (tertiary/aromatic N) is 5. The van der Waals surface area contributed by atoms with Gasteiger partial charge in [-0.15, -0.1) is 5.10 Å². The zero-order valence-corrected chi connectivity index (χ0v) is 16.5. The Morgan fingerprint density at radius 2 is 1.77 bits per heavy atom. The first kappa shape index (κ1) is 20.6. The first-order chi connectivity index (χ1) is 14.8. The number of imidazole rings is 1. The van der Waals surface area contributed by atoms with Gasteiger partial charge in [0.15, 0.2) is 0 Å². The van der Waals surface area contributed by atoms with Gasteiger partial charge in [-0.1, -0.05) is 35.5 Å². The van der Waals surface area contributed by atoms with E-state index >= 15 is 0 Å². The van der Waals surface area contributed by atoms with Crippen molar-refractivity contribution in [3.8, 4) is 22.7 Å². The molecule has 0 bridgehead atoms. The number of hydrogen-bond acceptors (Lipinski definition) is 4. The summed E-state index contributed by atoms with van der Waals surface area (Å²) in [6.07, 6.45) is 1.83. The van der Waals surface area contributed by atoms with Gasteiger partial charge >= 0.3 is 6.05 Å². The molecule has 0 amide bonds. The summed E-state index contributed by atoms with van der Waals surface area (Å²) in [5.41, 5.74) is 1.47. The second-order valence-corrected chi connectivity index (χ2v) is 6.82. The van der Waals surface area contributed by atoms with Crippen molar-refractivity contribution in [1.29, 1.82) is 0 Å². The van der Waals surface area contributed by atoms with Crippen LogP contribution in [-0.4, -0.2) is 31.7 Å². The van der Waals surface area contributed by atoms with Gasteiger partial charge < -0.3 is 9.30 Å². The Kier molecular flexibility index (Phi) is 5.22. The van der Waals surface area contributed by atoms with E-state index in [4.69, 9.17) is 4.74 Å². The van der Waals surface area contributed by atoms with Crippen LogP contribution in [0.4, 0.5) is 17.6 Å². The fraction of sp³-hybridized carbons (Fsp3) is 0.190. The normalized spacial score (nSPS) is 11.8. The number of rotatable bonds is 6. The third-order valence-corrected chi connectivity index (χ3v) is 4.76. The average molecular weight is 431 g/mol. The lowest BCUT2D eigenvalue weighted by Crippen LogP contribution is -2.25. The molecule has 4 rings (SSSR count). The van der Waals surface area contributed by atoms with E-state index < -0.39 is 18.0 Å². The maximum absolute atomic E-state index is 14.8. The minimum absolute atomic E-state index is 0.204. The second-order valence-electron chi connectivity index (χ2n) is 6.82. The van der Waals surface area contributed by atoms with Crippen LogP contribution in [-0.2, 0) is 6.05 Å². The van der Waals surface area contributed by atoms with Crippen molar-refractivity contribution in [2.75, 3.05) is 7.11 Å². The minimum Gasteiger partial charge on any atom is -0.495 e. The van der Waals surface area contributed by atoms with Crippen LogP contribution in [0.25, 0.3) is 16.9 Å². The maximum atomic E-state index is 14.8. The van der Waals surface area contributed by atoms with E-state index in [0.717, 1.165) is 41.8 Å². The van der Waals surface area contributed by atoms with Gasteiger partial charge in [0.1, 0.15) is 11.4 Å². The highest BCUT2D eigenvalue weighted by Crippen LogP contribution is 2.33. The minimum atomic E-state index is -3.57. The van der Waals surface area contributed by atoms with E-state index in [9.17, 15) is 17.6 Å². The van der Waals surface area contributed by atoms with Gasteiger partial charge in [-0.3, -0.25) is 0 Å². The molecule has 2 aromatic carbocycles. The van der Waals surface area contributed by atoms with Crippen molar-refractivity contribution in [3.05, 3.63) is 78.0 Å². The molecule has 0 atom stereocenters. The van der Waals surface area contributed by atoms with E-state index in [0.29, 0.717) is 16.0 Å². The fourth-order valence-corrected chi connectivity index (χ4v) is 3.10. The van der Waals surface area contributed by atoms with Crippen LogP contribution in [0.1, 0.15) is 23.2 Å². The molecule has 4 aromatic rings. The number of hydrogen-bond donors (Lipinski definition) is 0. The fourth-order valence-electron chi connectivity index (χ4n) is 3.10. The Balaban J connectivity index is 1.65. The van der Waals surface area contributed by atoms with Crippen LogP contribution in [0.3, 0.4) is 0 Å². The molecule has 0 N–H and O–H groups in total. The molecule has 0 saturated heterocycles. The molecule has 0 aliphatic rings. The summed E-state index contributed by atoms with van der Waals surface area (Å²) in [6, 6.07) is 5.40. The van der Waals surface area contributed by atoms with Crippen LogP contribution in [0.15, 0.2) is 61.2 Å². The van der Waals surface area contributed by atoms with Crippen molar-refractivity contribution < 1.29 is 22.3 Å². The number of aromatic nitrogens is 5. The predicted octanol–water partition coefficient (Wildman–Crippen LogP) is 4.98. The molecule has 2 aromatic heterocycles. The third kappa shape index (κ3) is 3.88. The van der Waals surface area contributed by atoms with E-state index in [-0.39, 0.29) is 11.3 Å². The number of halogens is 4. The van der Waals surface area contributed by atoms with Gasteiger partial charge in [0.05, 0.1) is 31.0 Å². The van der Waals surface area contributed by atoms with Crippen molar-refractivity contribution in [1.82, 2.24) is 24.5 Å². The van der Waals surface area contributed by atoms with Crippen molar-refractivity contribution in [2.45, 2.75) is 19.4 Å². The molecule has 0 saturated carbocycles. The van der Waals surface area contributed by atoms with E-state index in [1.807, 2.05) is 13.1 Å². The Morgan fingerprint density at radius 3 is 2.39 bits per heavy atom. The lowest BCUT2D eigenvalue weighted by atomic mass is 10.1. The Hall–Kier alpha value is -3.69. The molecule has 10 heteroatoms. The molecular weight excluding hydrogens is 414 g/mol. The van der Waals surface area contributed by atoms with E-state index in [2.05, 4.69) is 15.3 Å². The van der Waals surface area contributed by atoms with Crippen LogP contribution in [0.2, 0.25) is 0 Å². The Labute approximate surface area is 174 Å². The second kappa shape index (κ2) is 7.86. The molecule has 0 radical (unpaired) electrons. The summed E-state index contributed by atoms with van der Waals surface area (Å²) in [4.78, 5) is 4.18. The lowest BCUT2D eigenvalue weighted by Gasteiger charge is -2.16. The summed E-state index contributed by atoms with van der Waals surface area (Å²) in [7, 11) is 1.50. The zero-order valence-electron chi connectivity index (χ0n) is 16.5. The average Bonchev–Trinajstić information content (AvgIpc) is 3.43. The quantitative estimate of drug-likeness (QED) is 0.404. The number of ether oxygens (including phenoxy) is 1. The summed E-state index contributed by atoms with van der Waals surface area (Å²) in [5.74, 6) is 0.499. The molecule has 0 fully saturated rings. The zero-order chi connectivity index (χ0) is 22.2. The Morgan fingerprint density at radius 1 is 1.03 bits per heavy atom. The molecule has 2 heterocycles. The van der Waals surface area contributed by atoms with Crippen molar-refractivity contribution in [3.63, 3.8) is 0 Å². The van der Waals surface area contributed by atoms with Gasteiger partial charge in [0, 0.05) is 22.9 Å². The van der Waals surface area contributed by atoms with Crippen LogP contribution in [0, 0.1) is 6.92 Å². The van der Waals surface area contributed by atoms with Crippen LogP contribution >= 0.6 is 0 Å². The van der Waals surface area contributed by atoms with Gasteiger partial charge in [-0.25, -0.2) is 13.8 Å². The number of benzene rings is 2. The summed E-state index contributed by atoms with van der Waals surface area (Å²) in [6.45, 7) is 1.86. The lowest BCUT2D eigenvalue weighted by molar-refractivity contribution is -0.0497. The molecule has 6 nitrogen and oxygen atoms in total. The molecule has 31 heavy (non-hydrogen) atoms. The van der Waals surface area contributed by atoms with Crippen LogP contribution < -0.4 is 4.74 Å². The molecule has 160 valence electrons. The number of alkyl halides is 4. The smallest absolute Gasteiger partial charge is 0.372 e. The molecular formula is C21H17F4N5O. The number of methoxy groups -OCH3 is 1. The monoisotopic (exact) mass is 431 g/mol. The largest absolute Gasteiger partial charge is 0.495 e. The molecule has 0 aliphatic heterocycles. The third-order valence-electron chi connectivity index (χ3n) is 4.76. The summed E-state index contributed by atoms with van der Waals surface area (Å²) < 4.78 is 62.6. The van der Waals surface area contributed by atoms with E-state index in [1.165, 1.54) is 7.11 Å². The first-order valence-electron chi connectivity index (χ1n) is 9.18. The predicted molar refractivity (Wildman–Crippen MR) is 105 cm³/mol. The first-order valence-corrected chi connectivity index (χ1v) is 9.18. The van der Waals surface area contributed by atoms with Gasteiger partial charge in [-0.2, -0.15) is 13.5 Å². The highest BCUT2D eigenvalue weighted by molar-refractivity contribution is 5.64. The molecule has 0 aliphatic carbocycles. The van der Waals surface area contributed by atoms with Gasteiger partial charge in [-0.05, 0) is 19.1 Å². The van der Waals surface area contributed by atoms with Gasteiger partial charge in [0.25, 0.3) is 6.43 Å². The molecule has 0 unspecified atom stereocenters. The molecule has 0 spiro atoms. The topological polar surface area (TPSA) is 57.8 Å². The number of aryl methyl sites for hydroxylation is 1. The van der Waals surface area contributed by atoms with Crippen LogP contribution in [0.5, 0.6) is 5.75 Å². The summed E-state index contributed by atoms with van der Waals surface area (Å²) >= 11 is 0. The Bertz CT molecular complexity index is 1200. The SMILES string of the molecule is COc1cc(-c2cn(C(F)(F)c3ccc(C(F)F)cc3)nn2)ccc1-n1cnc(C)c1. The summed E-state index contributed by atoms with van der Waals surface area (Å²) in [5, 5.41) is 7.39. The highest BCUT2D eigenvalue weighted by Gasteiger charge is 2.35. The maximum Gasteiger partial charge on any atom is 0.372 e. The van der Waals surface area contributed by atoms with E-state index in [1.54, 1.807) is 29.1 Å². The highest BCUT2D eigenvalue weighted by atomic mass is 19.3. The van der Waals surface area contributed by atoms with Crippen molar-refractivity contribution >= 4 is 0 Å². The van der Waals surface area contributed by atoms with Gasteiger partial charge in [0.2, 0.25) is 0 Å². The standard InChI is InChI=1S/C21H17F4N5O/c1-13-10-29(12-26-13)18-8-5-15(9-19(18)31-2)17-11-30(28-27-17)21(24,25)16-6-3-14(4-7-16)20(22)23/h3-12,20H,1-2H3. The van der Waals surface area contributed by atoms with Crippen molar-refractivity contribution in [2.24, 2.45) is 0 Å².